The lowest BCUT2D eigenvalue weighted by Gasteiger charge is -2.17. The highest BCUT2D eigenvalue weighted by atomic mass is 35.5. The van der Waals surface area contributed by atoms with E-state index in [0.29, 0.717) is 18.0 Å². The van der Waals surface area contributed by atoms with Crippen LogP contribution in [0, 0.1) is 5.82 Å². The number of halogens is 2. The molecule has 2 rings (SSSR count). The van der Waals surface area contributed by atoms with Gasteiger partial charge in [0.1, 0.15) is 0 Å². The fourth-order valence-corrected chi connectivity index (χ4v) is 2.54. The molecule has 106 valence electrons. The molecule has 0 saturated heterocycles. The molecule has 0 aliphatic heterocycles. The van der Waals surface area contributed by atoms with Crippen molar-refractivity contribution in [3.8, 4) is 5.75 Å². The summed E-state index contributed by atoms with van der Waals surface area (Å²) in [6.45, 7) is 0.456. The van der Waals surface area contributed by atoms with Crippen molar-refractivity contribution in [2.24, 2.45) is 5.73 Å². The zero-order chi connectivity index (χ0) is 14.5. The van der Waals surface area contributed by atoms with E-state index in [9.17, 15) is 4.39 Å². The Balaban J connectivity index is 2.23. The third kappa shape index (κ3) is 3.30. The number of nitrogens with two attached hydrogens (primary N) is 1. The van der Waals surface area contributed by atoms with Gasteiger partial charge in [-0.25, -0.2) is 4.39 Å². The number of ether oxygens (including phenoxy) is 1. The maximum atomic E-state index is 13.7. The molecule has 0 amide bonds. The van der Waals surface area contributed by atoms with Crippen LogP contribution in [0.4, 0.5) is 4.39 Å². The average molecular weight is 294 g/mol. The molecule has 2 aromatic carbocycles. The topological polar surface area (TPSA) is 35.2 Å². The maximum Gasteiger partial charge on any atom is 0.165 e. The van der Waals surface area contributed by atoms with Crippen LogP contribution >= 0.6 is 11.6 Å². The molecule has 0 aromatic heterocycles. The second kappa shape index (κ2) is 6.73. The van der Waals surface area contributed by atoms with E-state index in [1.807, 2.05) is 30.3 Å². The van der Waals surface area contributed by atoms with Crippen LogP contribution in [-0.2, 0) is 6.42 Å². The van der Waals surface area contributed by atoms with E-state index in [4.69, 9.17) is 22.1 Å². The van der Waals surface area contributed by atoms with Gasteiger partial charge in [0.25, 0.3) is 0 Å². The molecule has 0 radical (unpaired) electrons. The van der Waals surface area contributed by atoms with Crippen LogP contribution in [0.5, 0.6) is 5.75 Å². The predicted octanol–water partition coefficient (Wildman–Crippen LogP) is 3.77. The Hall–Kier alpha value is -1.58. The van der Waals surface area contributed by atoms with Crippen LogP contribution in [0.3, 0.4) is 0 Å². The lowest BCUT2D eigenvalue weighted by Crippen LogP contribution is -2.15. The van der Waals surface area contributed by atoms with Crippen LogP contribution in [0.25, 0.3) is 0 Å². The monoisotopic (exact) mass is 293 g/mol. The van der Waals surface area contributed by atoms with Gasteiger partial charge in [0, 0.05) is 10.9 Å². The van der Waals surface area contributed by atoms with Crippen molar-refractivity contribution in [2.75, 3.05) is 13.7 Å². The number of rotatable bonds is 5. The van der Waals surface area contributed by atoms with E-state index in [2.05, 4.69) is 0 Å². The number of hydrogen-bond donors (Lipinski definition) is 1. The van der Waals surface area contributed by atoms with Crippen LogP contribution in [0.15, 0.2) is 42.5 Å². The smallest absolute Gasteiger partial charge is 0.165 e. The highest BCUT2D eigenvalue weighted by Crippen LogP contribution is 2.28. The molecule has 20 heavy (non-hydrogen) atoms. The Morgan fingerprint density at radius 1 is 1.25 bits per heavy atom. The first-order valence-electron chi connectivity index (χ1n) is 6.42. The van der Waals surface area contributed by atoms with Gasteiger partial charge in [0.15, 0.2) is 11.6 Å². The zero-order valence-electron chi connectivity index (χ0n) is 11.3. The summed E-state index contributed by atoms with van der Waals surface area (Å²) in [5.41, 5.74) is 7.71. The quantitative estimate of drug-likeness (QED) is 0.911. The van der Waals surface area contributed by atoms with E-state index in [1.54, 1.807) is 6.07 Å². The van der Waals surface area contributed by atoms with Crippen LogP contribution in [0.2, 0.25) is 5.02 Å². The van der Waals surface area contributed by atoms with Crippen LogP contribution in [-0.4, -0.2) is 13.7 Å². The highest BCUT2D eigenvalue weighted by Gasteiger charge is 2.14. The average Bonchev–Trinajstić information content (AvgIpc) is 2.46. The van der Waals surface area contributed by atoms with Gasteiger partial charge in [-0.3, -0.25) is 0 Å². The molecule has 4 heteroatoms. The summed E-state index contributed by atoms with van der Waals surface area (Å²) < 4.78 is 18.6. The number of hydrogen-bond acceptors (Lipinski definition) is 2. The summed E-state index contributed by atoms with van der Waals surface area (Å²) in [5, 5.41) is 0.692. The molecular formula is C16H17ClFNO. The molecule has 0 saturated carbocycles. The fraction of sp³-hybridized carbons (Fsp3) is 0.250. The first-order chi connectivity index (χ1) is 9.65. The van der Waals surface area contributed by atoms with Crippen molar-refractivity contribution < 1.29 is 9.13 Å². The molecule has 0 spiro atoms. The molecule has 1 unspecified atom stereocenters. The molecule has 2 nitrogen and oxygen atoms in total. The summed E-state index contributed by atoms with van der Waals surface area (Å²) in [4.78, 5) is 0. The standard InChI is InChI=1S/C16H17ClFNO/c1-20-16-7-6-11(9-15(16)18)8-12(10-19)13-4-2-3-5-14(13)17/h2-7,9,12H,8,10,19H2,1H3. The minimum Gasteiger partial charge on any atom is -0.494 e. The molecule has 0 bridgehead atoms. The fourth-order valence-electron chi connectivity index (χ4n) is 2.25. The predicted molar refractivity (Wildman–Crippen MR) is 79.9 cm³/mol. The lowest BCUT2D eigenvalue weighted by molar-refractivity contribution is 0.386. The van der Waals surface area contributed by atoms with Crippen LogP contribution < -0.4 is 10.5 Å². The molecule has 0 heterocycles. The number of benzene rings is 2. The Kier molecular flexibility index (Phi) is 4.99. The van der Waals surface area contributed by atoms with E-state index in [0.717, 1.165) is 11.1 Å². The highest BCUT2D eigenvalue weighted by molar-refractivity contribution is 6.31. The third-order valence-corrected chi connectivity index (χ3v) is 3.67. The van der Waals surface area contributed by atoms with Gasteiger partial charge < -0.3 is 10.5 Å². The van der Waals surface area contributed by atoms with E-state index < -0.39 is 0 Å². The van der Waals surface area contributed by atoms with Gasteiger partial charge in [-0.05, 0) is 42.3 Å². The molecule has 1 atom stereocenters. The zero-order valence-corrected chi connectivity index (χ0v) is 12.0. The Bertz CT molecular complexity index is 588. The lowest BCUT2D eigenvalue weighted by atomic mass is 9.92. The van der Waals surface area contributed by atoms with Gasteiger partial charge >= 0.3 is 0 Å². The third-order valence-electron chi connectivity index (χ3n) is 3.33. The van der Waals surface area contributed by atoms with Crippen molar-refractivity contribution in [1.29, 1.82) is 0 Å². The largest absolute Gasteiger partial charge is 0.494 e. The van der Waals surface area contributed by atoms with Crippen molar-refractivity contribution in [3.05, 3.63) is 64.4 Å². The van der Waals surface area contributed by atoms with Crippen molar-refractivity contribution in [1.82, 2.24) is 0 Å². The Morgan fingerprint density at radius 3 is 2.60 bits per heavy atom. The molecular weight excluding hydrogens is 277 g/mol. The first kappa shape index (κ1) is 14.8. The summed E-state index contributed by atoms with van der Waals surface area (Å²) in [5.74, 6) is -0.0489. The number of methoxy groups -OCH3 is 1. The second-order valence-electron chi connectivity index (χ2n) is 4.63. The van der Waals surface area contributed by atoms with Gasteiger partial charge in [0.05, 0.1) is 7.11 Å². The minimum absolute atomic E-state index is 0.0662. The second-order valence-corrected chi connectivity index (χ2v) is 5.03. The SMILES string of the molecule is COc1ccc(CC(CN)c2ccccc2Cl)cc1F. The summed E-state index contributed by atoms with van der Waals surface area (Å²) >= 11 is 6.19. The molecule has 2 N–H and O–H groups in total. The molecule has 2 aromatic rings. The summed E-state index contributed by atoms with van der Waals surface area (Å²) in [7, 11) is 1.45. The summed E-state index contributed by atoms with van der Waals surface area (Å²) in [6, 6.07) is 12.6. The van der Waals surface area contributed by atoms with Crippen LogP contribution in [0.1, 0.15) is 17.0 Å². The molecule has 0 aliphatic rings. The van der Waals surface area contributed by atoms with Crippen molar-refractivity contribution in [2.45, 2.75) is 12.3 Å². The van der Waals surface area contributed by atoms with E-state index in [1.165, 1.54) is 13.2 Å². The van der Waals surface area contributed by atoms with E-state index in [-0.39, 0.29) is 17.5 Å². The van der Waals surface area contributed by atoms with Gasteiger partial charge in [-0.1, -0.05) is 35.9 Å². The van der Waals surface area contributed by atoms with Crippen molar-refractivity contribution >= 4 is 11.6 Å². The van der Waals surface area contributed by atoms with E-state index >= 15 is 0 Å². The normalized spacial score (nSPS) is 12.2. The summed E-state index contributed by atoms with van der Waals surface area (Å²) in [6.07, 6.45) is 0.640. The van der Waals surface area contributed by atoms with Gasteiger partial charge in [0.2, 0.25) is 0 Å². The van der Waals surface area contributed by atoms with Gasteiger partial charge in [-0.2, -0.15) is 0 Å². The molecule has 0 aliphatic carbocycles. The Labute approximate surface area is 123 Å². The van der Waals surface area contributed by atoms with Crippen molar-refractivity contribution in [3.63, 3.8) is 0 Å². The minimum atomic E-state index is -0.361. The first-order valence-corrected chi connectivity index (χ1v) is 6.80. The molecule has 0 fully saturated rings. The Morgan fingerprint density at radius 2 is 2.00 bits per heavy atom. The maximum absolute atomic E-state index is 13.7. The van der Waals surface area contributed by atoms with Gasteiger partial charge in [-0.15, -0.1) is 0 Å².